The van der Waals surface area contributed by atoms with Gasteiger partial charge in [0.05, 0.1) is 10.6 Å². The third-order valence-electron chi connectivity index (χ3n) is 4.75. The number of rotatable bonds is 5. The molecule has 8 heteroatoms. The van der Waals surface area contributed by atoms with Crippen molar-refractivity contribution in [3.05, 3.63) is 59.4 Å². The van der Waals surface area contributed by atoms with Crippen molar-refractivity contribution in [1.82, 2.24) is 4.90 Å². The lowest BCUT2D eigenvalue weighted by atomic mass is 10.1. The summed E-state index contributed by atoms with van der Waals surface area (Å²) in [6.07, 6.45) is 0.208. The van der Waals surface area contributed by atoms with Gasteiger partial charge in [0.25, 0.3) is 5.91 Å². The Kier molecular flexibility index (Phi) is 5.51. The van der Waals surface area contributed by atoms with Crippen LogP contribution in [0.1, 0.15) is 22.3 Å². The number of nitrogens with one attached hydrogen (secondary N) is 1. The Morgan fingerprint density at radius 3 is 2.64 bits per heavy atom. The third kappa shape index (κ3) is 4.39. The molecule has 1 unspecified atom stereocenters. The lowest BCUT2D eigenvalue weighted by Gasteiger charge is -2.12. The number of sulfone groups is 1. The summed E-state index contributed by atoms with van der Waals surface area (Å²) in [5.74, 6) is -1.34. The summed E-state index contributed by atoms with van der Waals surface area (Å²) in [4.78, 5) is 25.7. The quantitative estimate of drug-likeness (QED) is 0.830. The van der Waals surface area contributed by atoms with E-state index in [1.54, 1.807) is 14.0 Å². The van der Waals surface area contributed by atoms with Crippen LogP contribution in [0.25, 0.3) is 0 Å². The SMILES string of the molecule is Cc1cc(NC(=O)c2cccc(S(=O)(=O)CC3CC(=O)N(C)C3)c2)ccc1F. The highest BCUT2D eigenvalue weighted by molar-refractivity contribution is 7.91. The average Bonchev–Trinajstić information content (AvgIpc) is 2.95. The minimum absolute atomic E-state index is 0.0393. The number of hydrogen-bond donors (Lipinski definition) is 1. The second-order valence-corrected chi connectivity index (χ2v) is 9.11. The van der Waals surface area contributed by atoms with E-state index in [4.69, 9.17) is 0 Å². The number of anilines is 1. The molecule has 1 aliphatic rings. The summed E-state index contributed by atoms with van der Waals surface area (Å²) >= 11 is 0. The first-order chi connectivity index (χ1) is 13.2. The predicted octanol–water partition coefficient (Wildman–Crippen LogP) is 2.64. The number of carbonyl (C=O) groups is 2. The van der Waals surface area contributed by atoms with Crippen LogP contribution in [-0.4, -0.2) is 44.5 Å². The lowest BCUT2D eigenvalue weighted by molar-refractivity contribution is -0.126. The van der Waals surface area contributed by atoms with Crippen LogP contribution in [0.4, 0.5) is 10.1 Å². The molecule has 2 amide bonds. The first-order valence-electron chi connectivity index (χ1n) is 8.80. The molecular weight excluding hydrogens is 383 g/mol. The van der Waals surface area contributed by atoms with Gasteiger partial charge in [0, 0.05) is 31.3 Å². The minimum atomic E-state index is -3.64. The van der Waals surface area contributed by atoms with Gasteiger partial charge in [-0.05, 0) is 54.8 Å². The highest BCUT2D eigenvalue weighted by atomic mass is 32.2. The number of nitrogens with zero attached hydrogens (tertiary/aromatic N) is 1. The molecule has 148 valence electrons. The van der Waals surface area contributed by atoms with Crippen molar-refractivity contribution in [2.75, 3.05) is 24.7 Å². The van der Waals surface area contributed by atoms with Gasteiger partial charge in [-0.2, -0.15) is 0 Å². The van der Waals surface area contributed by atoms with Crippen LogP contribution in [0.5, 0.6) is 0 Å². The van der Waals surface area contributed by atoms with Crippen molar-refractivity contribution < 1.29 is 22.4 Å². The summed E-state index contributed by atoms with van der Waals surface area (Å²) in [6.45, 7) is 1.99. The normalized spacial score (nSPS) is 17.0. The lowest BCUT2D eigenvalue weighted by Crippen LogP contribution is -2.22. The summed E-state index contributed by atoms with van der Waals surface area (Å²) < 4.78 is 38.8. The van der Waals surface area contributed by atoms with Crippen LogP contribution in [-0.2, 0) is 14.6 Å². The number of aryl methyl sites for hydroxylation is 1. The molecule has 1 heterocycles. The fourth-order valence-electron chi connectivity index (χ4n) is 3.23. The van der Waals surface area contributed by atoms with Crippen LogP contribution in [0, 0.1) is 18.7 Å². The molecule has 6 nitrogen and oxygen atoms in total. The number of amides is 2. The molecule has 1 N–H and O–H groups in total. The Balaban J connectivity index is 1.76. The van der Waals surface area contributed by atoms with E-state index in [0.29, 0.717) is 17.8 Å². The average molecular weight is 404 g/mol. The maximum Gasteiger partial charge on any atom is 0.255 e. The molecule has 0 bridgehead atoms. The maximum atomic E-state index is 13.4. The molecule has 0 spiro atoms. The van der Waals surface area contributed by atoms with Gasteiger partial charge < -0.3 is 10.2 Å². The van der Waals surface area contributed by atoms with E-state index in [1.807, 2.05) is 0 Å². The molecular formula is C20H21FN2O4S. The molecule has 0 radical (unpaired) electrons. The van der Waals surface area contributed by atoms with Gasteiger partial charge >= 0.3 is 0 Å². The van der Waals surface area contributed by atoms with E-state index in [2.05, 4.69) is 5.32 Å². The molecule has 3 rings (SSSR count). The van der Waals surface area contributed by atoms with Crippen molar-refractivity contribution >= 4 is 27.3 Å². The number of likely N-dealkylation sites (tertiary alicyclic amines) is 1. The van der Waals surface area contributed by atoms with Gasteiger partial charge in [0.1, 0.15) is 5.82 Å². The molecule has 1 saturated heterocycles. The molecule has 1 aliphatic heterocycles. The Bertz CT molecular complexity index is 1040. The number of benzene rings is 2. The second-order valence-electron chi connectivity index (χ2n) is 7.07. The monoisotopic (exact) mass is 404 g/mol. The van der Waals surface area contributed by atoms with Gasteiger partial charge in [0.15, 0.2) is 9.84 Å². The topological polar surface area (TPSA) is 83.5 Å². The van der Waals surface area contributed by atoms with Gasteiger partial charge in [-0.25, -0.2) is 12.8 Å². The number of hydrogen-bond acceptors (Lipinski definition) is 4. The maximum absolute atomic E-state index is 13.4. The standard InChI is InChI=1S/C20H21FN2O4S/c1-13-8-16(6-7-18(13)21)22-20(25)15-4-3-5-17(10-15)28(26,27)12-14-9-19(24)23(2)11-14/h3-8,10,14H,9,11-12H2,1-2H3,(H,22,25). The Labute approximate surface area is 163 Å². The zero-order valence-electron chi connectivity index (χ0n) is 15.6. The highest BCUT2D eigenvalue weighted by Gasteiger charge is 2.31. The van der Waals surface area contributed by atoms with E-state index in [1.165, 1.54) is 47.4 Å². The minimum Gasteiger partial charge on any atom is -0.345 e. The van der Waals surface area contributed by atoms with Gasteiger partial charge in [0.2, 0.25) is 5.91 Å². The smallest absolute Gasteiger partial charge is 0.255 e. The number of carbonyl (C=O) groups excluding carboxylic acids is 2. The zero-order valence-corrected chi connectivity index (χ0v) is 16.4. The molecule has 1 atom stereocenters. The van der Waals surface area contributed by atoms with E-state index < -0.39 is 15.7 Å². The van der Waals surface area contributed by atoms with Crippen molar-refractivity contribution in [3.63, 3.8) is 0 Å². The predicted molar refractivity (Wildman–Crippen MR) is 103 cm³/mol. The van der Waals surface area contributed by atoms with Crippen LogP contribution >= 0.6 is 0 Å². The van der Waals surface area contributed by atoms with Crippen LogP contribution < -0.4 is 5.32 Å². The van der Waals surface area contributed by atoms with Crippen LogP contribution in [0.3, 0.4) is 0 Å². The molecule has 0 aromatic heterocycles. The van der Waals surface area contributed by atoms with E-state index in [0.717, 1.165) is 0 Å². The summed E-state index contributed by atoms with van der Waals surface area (Å²) in [6, 6.07) is 9.97. The Hall–Kier alpha value is -2.74. The van der Waals surface area contributed by atoms with E-state index >= 15 is 0 Å². The zero-order chi connectivity index (χ0) is 20.5. The van der Waals surface area contributed by atoms with Crippen LogP contribution in [0.2, 0.25) is 0 Å². The fourth-order valence-corrected chi connectivity index (χ4v) is 4.86. The van der Waals surface area contributed by atoms with Crippen molar-refractivity contribution in [2.45, 2.75) is 18.2 Å². The summed E-state index contributed by atoms with van der Waals surface area (Å²) in [5, 5.41) is 2.64. The highest BCUT2D eigenvalue weighted by Crippen LogP contribution is 2.23. The molecule has 28 heavy (non-hydrogen) atoms. The fraction of sp³-hybridized carbons (Fsp3) is 0.300. The first kappa shape index (κ1) is 20.0. The summed E-state index contributed by atoms with van der Waals surface area (Å²) in [7, 11) is -1.99. The molecule has 1 fully saturated rings. The molecule has 2 aromatic carbocycles. The first-order valence-corrected chi connectivity index (χ1v) is 10.5. The summed E-state index contributed by atoms with van der Waals surface area (Å²) in [5.41, 5.74) is 0.998. The Morgan fingerprint density at radius 1 is 1.25 bits per heavy atom. The third-order valence-corrected chi connectivity index (χ3v) is 6.63. The van der Waals surface area contributed by atoms with Gasteiger partial charge in [-0.3, -0.25) is 9.59 Å². The largest absolute Gasteiger partial charge is 0.345 e. The molecule has 2 aromatic rings. The van der Waals surface area contributed by atoms with Crippen molar-refractivity contribution in [2.24, 2.45) is 5.92 Å². The molecule has 0 saturated carbocycles. The van der Waals surface area contributed by atoms with E-state index in [-0.39, 0.29) is 40.3 Å². The second kappa shape index (κ2) is 7.71. The van der Waals surface area contributed by atoms with E-state index in [9.17, 15) is 22.4 Å². The van der Waals surface area contributed by atoms with Crippen molar-refractivity contribution in [1.29, 1.82) is 0 Å². The van der Waals surface area contributed by atoms with Gasteiger partial charge in [-0.15, -0.1) is 0 Å². The van der Waals surface area contributed by atoms with Crippen LogP contribution in [0.15, 0.2) is 47.4 Å². The van der Waals surface area contributed by atoms with Crippen molar-refractivity contribution in [3.8, 4) is 0 Å². The molecule has 0 aliphatic carbocycles. The van der Waals surface area contributed by atoms with Gasteiger partial charge in [-0.1, -0.05) is 6.07 Å². The number of halogens is 1. The Morgan fingerprint density at radius 2 is 2.00 bits per heavy atom.